The summed E-state index contributed by atoms with van der Waals surface area (Å²) < 4.78 is 45.3. The number of halogens is 5. The highest BCUT2D eigenvalue weighted by Crippen LogP contribution is 2.27. The van der Waals surface area contributed by atoms with Crippen LogP contribution in [-0.2, 0) is 11.2 Å². The third-order valence-corrected chi connectivity index (χ3v) is 6.57. The fourth-order valence-corrected chi connectivity index (χ4v) is 4.57. The summed E-state index contributed by atoms with van der Waals surface area (Å²) in [7, 11) is 0. The highest BCUT2D eigenvalue weighted by molar-refractivity contribution is 6.31. The fraction of sp³-hybridized carbons (Fsp3) is 0.320. The van der Waals surface area contributed by atoms with E-state index in [-0.39, 0.29) is 17.3 Å². The van der Waals surface area contributed by atoms with Gasteiger partial charge >= 0.3 is 12.1 Å². The molecule has 7 nitrogen and oxygen atoms in total. The maximum absolute atomic E-state index is 13.5. The number of carboxylic acids is 1. The van der Waals surface area contributed by atoms with Gasteiger partial charge in [0.25, 0.3) is 5.56 Å². The first-order chi connectivity index (χ1) is 17.5. The van der Waals surface area contributed by atoms with E-state index in [1.54, 1.807) is 0 Å². The van der Waals surface area contributed by atoms with Crippen LogP contribution in [0.3, 0.4) is 0 Å². The molecule has 5 rings (SSSR count). The lowest BCUT2D eigenvalue weighted by molar-refractivity contribution is -0.192. The monoisotopic (exact) mass is 538 g/mol. The van der Waals surface area contributed by atoms with Crippen LogP contribution in [0.25, 0.3) is 21.8 Å². The molecule has 0 amide bonds. The predicted molar refractivity (Wildman–Crippen MR) is 131 cm³/mol. The van der Waals surface area contributed by atoms with Crippen molar-refractivity contribution in [3.8, 4) is 0 Å². The van der Waals surface area contributed by atoms with Gasteiger partial charge < -0.3 is 20.0 Å². The van der Waals surface area contributed by atoms with E-state index in [0.717, 1.165) is 49.4 Å². The Morgan fingerprint density at radius 2 is 1.81 bits per heavy atom. The molecule has 196 valence electrons. The number of H-pyrrole nitrogens is 2. The number of fused-ring (bicyclic) bond motifs is 2. The predicted octanol–water partition coefficient (Wildman–Crippen LogP) is 5.25. The summed E-state index contributed by atoms with van der Waals surface area (Å²) >= 11 is 6.07. The molecule has 0 radical (unpaired) electrons. The van der Waals surface area contributed by atoms with Crippen LogP contribution < -0.4 is 5.56 Å². The van der Waals surface area contributed by atoms with Crippen molar-refractivity contribution >= 4 is 39.4 Å². The summed E-state index contributed by atoms with van der Waals surface area (Å²) in [6.45, 7) is 2.88. The van der Waals surface area contributed by atoms with Gasteiger partial charge in [0.1, 0.15) is 11.6 Å². The Morgan fingerprint density at radius 3 is 2.49 bits per heavy atom. The van der Waals surface area contributed by atoms with E-state index in [1.807, 2.05) is 12.1 Å². The minimum absolute atomic E-state index is 0.192. The van der Waals surface area contributed by atoms with E-state index in [2.05, 4.69) is 32.1 Å². The number of nitrogens with one attached hydrogen (secondary N) is 2. The van der Waals surface area contributed by atoms with Crippen molar-refractivity contribution < 1.29 is 27.5 Å². The molecular formula is C25H23ClF4N4O3. The van der Waals surface area contributed by atoms with Crippen LogP contribution in [0, 0.1) is 5.82 Å². The summed E-state index contributed by atoms with van der Waals surface area (Å²) in [5, 5.41) is 9.51. The molecule has 0 spiro atoms. The minimum Gasteiger partial charge on any atom is -0.475 e. The Balaban J connectivity index is 0.000000405. The molecule has 3 N–H and O–H groups in total. The van der Waals surface area contributed by atoms with Gasteiger partial charge in [0.15, 0.2) is 0 Å². The number of carboxylic acid groups (broad SMARTS) is 1. The second kappa shape index (κ2) is 10.9. The molecule has 37 heavy (non-hydrogen) atoms. The number of likely N-dealkylation sites (tertiary alicyclic amines) is 1. The van der Waals surface area contributed by atoms with Gasteiger partial charge in [0, 0.05) is 40.7 Å². The molecule has 12 heteroatoms. The number of aromatic nitrogens is 3. The van der Waals surface area contributed by atoms with Crippen LogP contribution in [0.2, 0.25) is 5.02 Å². The molecule has 2 aromatic carbocycles. The van der Waals surface area contributed by atoms with Crippen molar-refractivity contribution in [2.45, 2.75) is 31.4 Å². The SMILES string of the molecule is O=C(O)C(F)(F)F.O=c1[nH]c(C2CCN(CCc3c[nH]c4cc(Cl)ccc34)CC2)nc2cc(F)ccc12. The summed E-state index contributed by atoms with van der Waals surface area (Å²) in [5.41, 5.74) is 2.60. The number of hydrogen-bond donors (Lipinski definition) is 3. The summed E-state index contributed by atoms with van der Waals surface area (Å²) in [6, 6.07) is 10.1. The van der Waals surface area contributed by atoms with E-state index in [9.17, 15) is 22.4 Å². The zero-order chi connectivity index (χ0) is 26.7. The molecule has 3 heterocycles. The van der Waals surface area contributed by atoms with Gasteiger partial charge in [-0.15, -0.1) is 0 Å². The Morgan fingerprint density at radius 1 is 1.14 bits per heavy atom. The molecule has 4 aromatic rings. The number of carbonyl (C=O) groups is 1. The fourth-order valence-electron chi connectivity index (χ4n) is 4.40. The Bertz CT molecular complexity index is 1480. The summed E-state index contributed by atoms with van der Waals surface area (Å²) in [5.74, 6) is -2.27. The van der Waals surface area contributed by atoms with Crippen LogP contribution in [0.4, 0.5) is 17.6 Å². The first-order valence-electron chi connectivity index (χ1n) is 11.5. The second-order valence-electron chi connectivity index (χ2n) is 8.79. The van der Waals surface area contributed by atoms with Gasteiger partial charge in [-0.25, -0.2) is 14.2 Å². The Labute approximate surface area is 213 Å². The largest absolute Gasteiger partial charge is 0.490 e. The van der Waals surface area contributed by atoms with Crippen molar-refractivity contribution in [3.05, 3.63) is 75.2 Å². The van der Waals surface area contributed by atoms with Crippen molar-refractivity contribution in [2.75, 3.05) is 19.6 Å². The summed E-state index contributed by atoms with van der Waals surface area (Å²) in [6.07, 6.45) is -0.201. The third kappa shape index (κ3) is 6.47. The van der Waals surface area contributed by atoms with E-state index < -0.39 is 12.1 Å². The molecule has 1 saturated heterocycles. The van der Waals surface area contributed by atoms with Crippen LogP contribution in [0.1, 0.15) is 30.1 Å². The highest BCUT2D eigenvalue weighted by Gasteiger charge is 2.38. The topological polar surface area (TPSA) is 102 Å². The standard InChI is InChI=1S/C23H22ClFN4O.C2HF3O2/c24-16-1-3-18-15(13-26-20(18)11-16)7-10-29-8-5-14(6-9-29)22-27-21-12-17(25)2-4-19(21)23(30)28-22;3-2(4,5)1(6)7/h1-4,11-14,26H,5-10H2,(H,27,28,30);(H,6,7). The van der Waals surface area contributed by atoms with E-state index in [4.69, 9.17) is 21.5 Å². The second-order valence-corrected chi connectivity index (χ2v) is 9.22. The van der Waals surface area contributed by atoms with Crippen LogP contribution in [0.5, 0.6) is 0 Å². The Kier molecular flexibility index (Phi) is 7.84. The van der Waals surface area contributed by atoms with Crippen molar-refractivity contribution in [1.29, 1.82) is 0 Å². The molecule has 0 aliphatic carbocycles. The van der Waals surface area contributed by atoms with Gasteiger partial charge in [0.2, 0.25) is 0 Å². The number of nitrogens with zero attached hydrogens (tertiary/aromatic N) is 2. The number of rotatable bonds is 4. The van der Waals surface area contributed by atoms with Gasteiger partial charge in [-0.1, -0.05) is 17.7 Å². The first kappa shape index (κ1) is 26.6. The summed E-state index contributed by atoms with van der Waals surface area (Å²) in [4.78, 5) is 34.4. The van der Waals surface area contributed by atoms with Crippen LogP contribution >= 0.6 is 11.6 Å². The zero-order valence-electron chi connectivity index (χ0n) is 19.4. The molecule has 0 unspecified atom stereocenters. The highest BCUT2D eigenvalue weighted by atomic mass is 35.5. The lowest BCUT2D eigenvalue weighted by Gasteiger charge is -2.31. The molecule has 0 saturated carbocycles. The van der Waals surface area contributed by atoms with Crippen LogP contribution in [-0.4, -0.2) is 56.7 Å². The normalized spacial score (nSPS) is 15.1. The molecule has 1 aliphatic heterocycles. The number of benzene rings is 2. The number of aliphatic carboxylic acids is 1. The average molecular weight is 539 g/mol. The van der Waals surface area contributed by atoms with Crippen LogP contribution in [0.15, 0.2) is 47.4 Å². The molecular weight excluding hydrogens is 516 g/mol. The van der Waals surface area contributed by atoms with Gasteiger partial charge in [-0.2, -0.15) is 13.2 Å². The molecule has 1 fully saturated rings. The number of piperidine rings is 1. The van der Waals surface area contributed by atoms with Crippen molar-refractivity contribution in [3.63, 3.8) is 0 Å². The van der Waals surface area contributed by atoms with E-state index in [1.165, 1.54) is 29.1 Å². The van der Waals surface area contributed by atoms with Crippen molar-refractivity contribution in [1.82, 2.24) is 19.9 Å². The minimum atomic E-state index is -5.08. The molecule has 1 aliphatic rings. The van der Waals surface area contributed by atoms with E-state index in [0.29, 0.717) is 16.7 Å². The maximum Gasteiger partial charge on any atom is 0.490 e. The Hall–Kier alpha value is -3.44. The van der Waals surface area contributed by atoms with Gasteiger partial charge in [0.05, 0.1) is 10.9 Å². The average Bonchev–Trinajstić information content (AvgIpc) is 3.24. The number of hydrogen-bond acceptors (Lipinski definition) is 4. The van der Waals surface area contributed by atoms with Gasteiger partial charge in [-0.05, 0) is 62.2 Å². The molecule has 0 bridgehead atoms. The number of aromatic amines is 2. The zero-order valence-corrected chi connectivity index (χ0v) is 20.2. The maximum atomic E-state index is 13.5. The molecule has 0 atom stereocenters. The lowest BCUT2D eigenvalue weighted by atomic mass is 9.95. The van der Waals surface area contributed by atoms with E-state index >= 15 is 0 Å². The quantitative estimate of drug-likeness (QED) is 0.308. The first-order valence-corrected chi connectivity index (χ1v) is 11.9. The molecule has 2 aromatic heterocycles. The smallest absolute Gasteiger partial charge is 0.475 e. The van der Waals surface area contributed by atoms with Crippen molar-refractivity contribution in [2.24, 2.45) is 0 Å². The third-order valence-electron chi connectivity index (χ3n) is 6.33. The lowest BCUT2D eigenvalue weighted by Crippen LogP contribution is -2.35. The van der Waals surface area contributed by atoms with Gasteiger partial charge in [-0.3, -0.25) is 4.79 Å². The number of alkyl halides is 3.